The number of amides is 1. The summed E-state index contributed by atoms with van der Waals surface area (Å²) in [6.07, 6.45) is 5.43. The number of methoxy groups -OCH3 is 1. The molecule has 2 aliphatic rings. The number of nitrogens with zero attached hydrogens (tertiary/aromatic N) is 2. The molecular weight excluding hydrogens is 583 g/mol. The molecule has 7 nitrogen and oxygen atoms in total. The zero-order chi connectivity index (χ0) is 32.8. The average Bonchev–Trinajstić information content (AvgIpc) is 3.66. The largest absolute Gasteiger partial charge is 0.496 e. The summed E-state index contributed by atoms with van der Waals surface area (Å²) in [5.74, 6) is -0.619. The number of halogens is 1. The van der Waals surface area contributed by atoms with Crippen LogP contribution in [0.15, 0.2) is 60.7 Å². The number of carboxylic acid groups (broad SMARTS) is 1. The van der Waals surface area contributed by atoms with Crippen molar-refractivity contribution >= 4 is 17.6 Å². The summed E-state index contributed by atoms with van der Waals surface area (Å²) in [4.78, 5) is 31.5. The molecule has 246 valence electrons. The lowest BCUT2D eigenvalue weighted by molar-refractivity contribution is -0.143. The van der Waals surface area contributed by atoms with Gasteiger partial charge in [-0.1, -0.05) is 57.0 Å². The van der Waals surface area contributed by atoms with E-state index in [0.29, 0.717) is 37.2 Å². The lowest BCUT2D eigenvalue weighted by Gasteiger charge is -2.35. The summed E-state index contributed by atoms with van der Waals surface area (Å²) in [6, 6.07) is 18.3. The van der Waals surface area contributed by atoms with Gasteiger partial charge < -0.3 is 19.5 Å². The van der Waals surface area contributed by atoms with E-state index in [1.807, 2.05) is 41.3 Å². The fourth-order valence-electron chi connectivity index (χ4n) is 7.50. The highest BCUT2D eigenvalue weighted by molar-refractivity contribution is 5.95. The van der Waals surface area contributed by atoms with E-state index in [9.17, 15) is 19.1 Å². The second kappa shape index (κ2) is 15.1. The van der Waals surface area contributed by atoms with Gasteiger partial charge in [-0.2, -0.15) is 0 Å². The molecule has 46 heavy (non-hydrogen) atoms. The Labute approximate surface area is 272 Å². The first-order valence-electron chi connectivity index (χ1n) is 16.7. The van der Waals surface area contributed by atoms with E-state index in [1.54, 1.807) is 26.2 Å². The number of aryl methyl sites for hydroxylation is 2. The van der Waals surface area contributed by atoms with Crippen molar-refractivity contribution in [2.24, 2.45) is 5.92 Å². The summed E-state index contributed by atoms with van der Waals surface area (Å²) in [5, 5.41) is 10.7. The summed E-state index contributed by atoms with van der Waals surface area (Å²) >= 11 is 0. The number of ether oxygens (including phenoxy) is 2. The van der Waals surface area contributed by atoms with Gasteiger partial charge in [0.15, 0.2) is 0 Å². The van der Waals surface area contributed by atoms with Crippen LogP contribution < -0.4 is 14.4 Å². The summed E-state index contributed by atoms with van der Waals surface area (Å²) in [6.45, 7) is 7.09. The molecule has 5 rings (SSSR count). The summed E-state index contributed by atoms with van der Waals surface area (Å²) < 4.78 is 25.7. The number of carbonyl (C=O) groups excluding carboxylic acids is 1. The second-order valence-corrected chi connectivity index (χ2v) is 12.7. The molecule has 3 aromatic carbocycles. The standard InChI is InChI=1S/C38H47FN2O5/c1-5-9-29(10-6-2)41(30-15-16-32(39)25(3)21-30)36(42)24-40-23-31(27-14-18-35-28(22-27)19-20-46-35)37(38(43)44)33(40)17-13-26-11-7-8-12-34(26)45-4/h7-8,11-12,14-16,18,21-22,29,31,33,37H,5-6,9-10,13,17,19-20,23-24H2,1-4H3,(H,43,44)/t31-,33+,37-/m1/s1. The van der Waals surface area contributed by atoms with Crippen LogP contribution in [0.5, 0.6) is 11.5 Å². The van der Waals surface area contributed by atoms with Crippen LogP contribution in [0.3, 0.4) is 0 Å². The maximum absolute atomic E-state index is 14.5. The highest BCUT2D eigenvalue weighted by atomic mass is 19.1. The molecule has 1 fully saturated rings. The smallest absolute Gasteiger partial charge is 0.308 e. The fourth-order valence-corrected chi connectivity index (χ4v) is 7.50. The third-order valence-corrected chi connectivity index (χ3v) is 9.71. The lowest BCUT2D eigenvalue weighted by Crippen LogP contribution is -2.48. The molecule has 2 aliphatic heterocycles. The van der Waals surface area contributed by atoms with Gasteiger partial charge in [0.2, 0.25) is 5.91 Å². The van der Waals surface area contributed by atoms with Gasteiger partial charge in [-0.3, -0.25) is 14.5 Å². The topological polar surface area (TPSA) is 79.3 Å². The van der Waals surface area contributed by atoms with E-state index >= 15 is 0 Å². The Bertz CT molecular complexity index is 1520. The molecular formula is C38H47FN2O5. The van der Waals surface area contributed by atoms with Gasteiger partial charge in [-0.25, -0.2) is 4.39 Å². The van der Waals surface area contributed by atoms with E-state index in [1.165, 1.54) is 6.07 Å². The number of carboxylic acids is 1. The van der Waals surface area contributed by atoms with Gasteiger partial charge in [0.1, 0.15) is 17.3 Å². The normalized spacial score (nSPS) is 19.2. The van der Waals surface area contributed by atoms with Crippen molar-refractivity contribution in [3.05, 3.63) is 88.7 Å². The molecule has 0 spiro atoms. The molecule has 2 heterocycles. The van der Waals surface area contributed by atoms with Crippen molar-refractivity contribution in [2.45, 2.75) is 83.7 Å². The van der Waals surface area contributed by atoms with Crippen LogP contribution >= 0.6 is 0 Å². The first-order chi connectivity index (χ1) is 22.2. The fraction of sp³-hybridized carbons (Fsp3) is 0.474. The molecule has 1 amide bonds. The van der Waals surface area contributed by atoms with E-state index in [-0.39, 0.29) is 36.3 Å². The number of aliphatic carboxylic acids is 1. The van der Waals surface area contributed by atoms with Crippen molar-refractivity contribution in [2.75, 3.05) is 31.7 Å². The molecule has 0 unspecified atom stereocenters. The Morgan fingerprint density at radius 1 is 1.09 bits per heavy atom. The van der Waals surface area contributed by atoms with Crippen LogP contribution in [-0.2, 0) is 22.4 Å². The van der Waals surface area contributed by atoms with Crippen LogP contribution in [0.4, 0.5) is 10.1 Å². The molecule has 3 aromatic rings. The van der Waals surface area contributed by atoms with Crippen molar-refractivity contribution in [1.82, 2.24) is 4.90 Å². The zero-order valence-corrected chi connectivity index (χ0v) is 27.5. The van der Waals surface area contributed by atoms with Gasteiger partial charge in [0.25, 0.3) is 0 Å². The van der Waals surface area contributed by atoms with E-state index < -0.39 is 11.9 Å². The third kappa shape index (κ3) is 7.22. The molecule has 1 saturated heterocycles. The number of rotatable bonds is 14. The molecule has 0 saturated carbocycles. The van der Waals surface area contributed by atoms with E-state index in [0.717, 1.165) is 60.3 Å². The molecule has 0 aliphatic carbocycles. The maximum atomic E-state index is 14.5. The SMILES string of the molecule is CCCC(CCC)N(C(=O)CN1C[C@H](c2ccc3c(c2)CCO3)[C@@H](C(=O)O)[C@@H]1CCc1ccccc1OC)c1ccc(F)c(C)c1. The highest BCUT2D eigenvalue weighted by Gasteiger charge is 2.47. The predicted molar refractivity (Wildman–Crippen MR) is 178 cm³/mol. The van der Waals surface area contributed by atoms with Gasteiger partial charge in [-0.15, -0.1) is 0 Å². The number of fused-ring (bicyclic) bond motifs is 1. The van der Waals surface area contributed by atoms with Crippen LogP contribution in [0.25, 0.3) is 0 Å². The van der Waals surface area contributed by atoms with Crippen molar-refractivity contribution < 1.29 is 28.6 Å². The quantitative estimate of drug-likeness (QED) is 0.203. The van der Waals surface area contributed by atoms with Crippen LogP contribution in [-0.4, -0.2) is 60.8 Å². The van der Waals surface area contributed by atoms with Crippen molar-refractivity contribution in [1.29, 1.82) is 0 Å². The minimum Gasteiger partial charge on any atom is -0.496 e. The van der Waals surface area contributed by atoms with Crippen LogP contribution in [0.2, 0.25) is 0 Å². The Morgan fingerprint density at radius 2 is 1.85 bits per heavy atom. The van der Waals surface area contributed by atoms with Gasteiger partial charge in [0.05, 0.1) is 26.2 Å². The molecule has 0 aromatic heterocycles. The monoisotopic (exact) mass is 630 g/mol. The summed E-state index contributed by atoms with van der Waals surface area (Å²) in [5.41, 5.74) is 4.25. The lowest BCUT2D eigenvalue weighted by atomic mass is 9.83. The van der Waals surface area contributed by atoms with Gasteiger partial charge in [-0.05, 0) is 85.2 Å². The molecule has 3 atom stereocenters. The number of anilines is 1. The molecule has 0 radical (unpaired) electrons. The molecule has 0 bridgehead atoms. The molecule has 8 heteroatoms. The Morgan fingerprint density at radius 3 is 2.54 bits per heavy atom. The number of carbonyl (C=O) groups is 2. The predicted octanol–water partition coefficient (Wildman–Crippen LogP) is 7.18. The molecule has 1 N–H and O–H groups in total. The van der Waals surface area contributed by atoms with E-state index in [4.69, 9.17) is 9.47 Å². The number of hydrogen-bond acceptors (Lipinski definition) is 5. The maximum Gasteiger partial charge on any atom is 0.308 e. The van der Waals surface area contributed by atoms with E-state index in [2.05, 4.69) is 24.8 Å². The minimum absolute atomic E-state index is 0.0372. The van der Waals surface area contributed by atoms with Crippen LogP contribution in [0, 0.1) is 18.7 Å². The van der Waals surface area contributed by atoms with Crippen LogP contribution in [0.1, 0.15) is 74.1 Å². The van der Waals surface area contributed by atoms with Crippen molar-refractivity contribution in [3.8, 4) is 11.5 Å². The number of hydrogen-bond donors (Lipinski definition) is 1. The number of likely N-dealkylation sites (tertiary alicyclic amines) is 1. The first-order valence-corrected chi connectivity index (χ1v) is 16.7. The van der Waals surface area contributed by atoms with Gasteiger partial charge in [0, 0.05) is 36.7 Å². The Hall–Kier alpha value is -3.91. The summed E-state index contributed by atoms with van der Waals surface area (Å²) in [7, 11) is 1.64. The highest BCUT2D eigenvalue weighted by Crippen LogP contribution is 2.42. The Balaban J connectivity index is 1.50. The third-order valence-electron chi connectivity index (χ3n) is 9.71. The van der Waals surface area contributed by atoms with Gasteiger partial charge >= 0.3 is 5.97 Å². The Kier molecular flexibility index (Phi) is 11.0. The minimum atomic E-state index is -0.859. The first kappa shape index (κ1) is 33.5. The second-order valence-electron chi connectivity index (χ2n) is 12.7. The number of benzene rings is 3. The zero-order valence-electron chi connectivity index (χ0n) is 27.5. The number of para-hydroxylation sites is 1. The van der Waals surface area contributed by atoms with Crippen molar-refractivity contribution in [3.63, 3.8) is 0 Å². The average molecular weight is 631 g/mol.